The van der Waals surface area contributed by atoms with Crippen LogP contribution in [0.5, 0.6) is 0 Å². The van der Waals surface area contributed by atoms with Crippen LogP contribution in [0.25, 0.3) is 0 Å². The predicted octanol–water partition coefficient (Wildman–Crippen LogP) is 3.79. The molecule has 4 heteroatoms. The minimum absolute atomic E-state index is 0.781. The minimum atomic E-state index is -1.30. The molecule has 0 bridgehead atoms. The lowest BCUT2D eigenvalue weighted by atomic mass is 10.2. The molecule has 17 heavy (non-hydrogen) atoms. The number of anilines is 1. The topological polar surface area (TPSA) is 27.0 Å². The first-order valence-electron chi connectivity index (χ1n) is 6.17. The monoisotopic (exact) mass is 260 g/mol. The molecule has 1 aromatic carbocycles. The second-order valence-corrected chi connectivity index (χ2v) is 15.7. The molecule has 1 fully saturated rings. The van der Waals surface area contributed by atoms with Gasteiger partial charge in [-0.25, -0.2) is 0 Å². The van der Waals surface area contributed by atoms with Gasteiger partial charge in [-0.15, -0.1) is 0 Å². The first kappa shape index (κ1) is 12.4. The molecular formula is C13H20N2Si2. The third-order valence-electron chi connectivity index (χ3n) is 3.79. The van der Waals surface area contributed by atoms with E-state index in [0.717, 1.165) is 5.56 Å². The number of hydrogen-bond acceptors (Lipinski definition) is 2. The van der Waals surface area contributed by atoms with Crippen molar-refractivity contribution in [3.63, 3.8) is 0 Å². The second kappa shape index (κ2) is 4.00. The van der Waals surface area contributed by atoms with E-state index in [1.807, 2.05) is 12.1 Å². The molecule has 0 amide bonds. The van der Waals surface area contributed by atoms with Gasteiger partial charge in [0, 0.05) is 5.69 Å². The van der Waals surface area contributed by atoms with E-state index in [2.05, 4.69) is 48.6 Å². The van der Waals surface area contributed by atoms with E-state index < -0.39 is 16.5 Å². The summed E-state index contributed by atoms with van der Waals surface area (Å²) in [7, 11) is -2.59. The number of nitriles is 1. The predicted molar refractivity (Wildman–Crippen MR) is 78.2 cm³/mol. The fourth-order valence-electron chi connectivity index (χ4n) is 3.07. The normalized spacial score (nSPS) is 21.2. The Morgan fingerprint density at radius 3 is 2.24 bits per heavy atom. The van der Waals surface area contributed by atoms with Gasteiger partial charge in [-0.2, -0.15) is 5.26 Å². The summed E-state index contributed by atoms with van der Waals surface area (Å²) in [5, 5.41) is 9.02. The summed E-state index contributed by atoms with van der Waals surface area (Å²) < 4.78 is 2.74. The van der Waals surface area contributed by atoms with Crippen LogP contribution in [0.15, 0.2) is 24.3 Å². The lowest BCUT2D eigenvalue weighted by Crippen LogP contribution is -2.55. The van der Waals surface area contributed by atoms with Crippen molar-refractivity contribution in [2.45, 2.75) is 38.3 Å². The van der Waals surface area contributed by atoms with E-state index in [4.69, 9.17) is 5.26 Å². The average molecular weight is 260 g/mol. The zero-order valence-corrected chi connectivity index (χ0v) is 13.1. The maximum Gasteiger partial charge on any atom is 0.141 e. The van der Waals surface area contributed by atoms with Gasteiger partial charge in [-0.05, 0) is 30.3 Å². The largest absolute Gasteiger partial charge is 0.424 e. The van der Waals surface area contributed by atoms with Crippen LogP contribution in [-0.2, 0) is 0 Å². The second-order valence-electron chi connectivity index (χ2n) is 6.12. The summed E-state index contributed by atoms with van der Waals surface area (Å²) in [5.74, 6) is 0. The Balaban J connectivity index is 2.47. The number of rotatable bonds is 1. The van der Waals surface area contributed by atoms with Crippen LogP contribution < -0.4 is 4.23 Å². The first-order chi connectivity index (χ1) is 7.87. The summed E-state index contributed by atoms with van der Waals surface area (Å²) in [6, 6.07) is 13.2. The highest BCUT2D eigenvalue weighted by Gasteiger charge is 2.47. The molecule has 1 aliphatic heterocycles. The van der Waals surface area contributed by atoms with Crippen LogP contribution in [0.3, 0.4) is 0 Å². The fraction of sp³-hybridized carbons (Fsp3) is 0.462. The summed E-state index contributed by atoms with van der Waals surface area (Å²) in [5.41, 5.74) is 2.07. The van der Waals surface area contributed by atoms with Crippen molar-refractivity contribution < 1.29 is 0 Å². The molecule has 1 aliphatic rings. The molecule has 0 saturated carbocycles. The van der Waals surface area contributed by atoms with Crippen molar-refractivity contribution in [1.82, 2.24) is 0 Å². The van der Waals surface area contributed by atoms with Crippen LogP contribution in [-0.4, -0.2) is 16.5 Å². The molecule has 0 spiro atoms. The highest BCUT2D eigenvalue weighted by atomic mass is 28.4. The van der Waals surface area contributed by atoms with Crippen molar-refractivity contribution in [1.29, 1.82) is 5.26 Å². The quantitative estimate of drug-likeness (QED) is 0.718. The highest BCUT2D eigenvalue weighted by molar-refractivity contribution is 7.04. The van der Waals surface area contributed by atoms with Gasteiger partial charge in [0.25, 0.3) is 0 Å². The number of benzene rings is 1. The standard InChI is InChI=1S/C13H20N2Si2/c1-16(2)8-9-17(3,4)15(16)13-7-5-6-12(10-13)11-14/h5-7,10H,8-9H2,1-4H3. The van der Waals surface area contributed by atoms with Gasteiger partial charge in [0.15, 0.2) is 0 Å². The molecule has 90 valence electrons. The molecular weight excluding hydrogens is 240 g/mol. The van der Waals surface area contributed by atoms with Crippen LogP contribution in [0.1, 0.15) is 5.56 Å². The van der Waals surface area contributed by atoms with Gasteiger partial charge in [-0.3, -0.25) is 0 Å². The van der Waals surface area contributed by atoms with Gasteiger partial charge in [0.1, 0.15) is 16.5 Å². The molecule has 1 saturated heterocycles. The molecule has 1 heterocycles. The Kier molecular flexibility index (Phi) is 2.92. The molecule has 0 N–H and O–H groups in total. The van der Waals surface area contributed by atoms with Gasteiger partial charge in [0.2, 0.25) is 0 Å². The molecule has 1 aromatic rings. The molecule has 2 rings (SSSR count). The van der Waals surface area contributed by atoms with Gasteiger partial charge < -0.3 is 4.23 Å². The molecule has 0 unspecified atom stereocenters. The molecule has 2 nitrogen and oxygen atoms in total. The molecule has 0 aromatic heterocycles. The van der Waals surface area contributed by atoms with Crippen LogP contribution in [0.2, 0.25) is 38.3 Å². The van der Waals surface area contributed by atoms with Crippen LogP contribution in [0, 0.1) is 11.3 Å². The van der Waals surface area contributed by atoms with Crippen LogP contribution >= 0.6 is 0 Å². The van der Waals surface area contributed by atoms with Crippen molar-refractivity contribution in [3.05, 3.63) is 29.8 Å². The lowest BCUT2D eigenvalue weighted by Gasteiger charge is -2.41. The third-order valence-corrected chi connectivity index (χ3v) is 13.8. The Morgan fingerprint density at radius 1 is 1.12 bits per heavy atom. The fourth-order valence-corrected chi connectivity index (χ4v) is 17.3. The van der Waals surface area contributed by atoms with E-state index in [9.17, 15) is 0 Å². The third kappa shape index (κ3) is 2.17. The van der Waals surface area contributed by atoms with Gasteiger partial charge >= 0.3 is 0 Å². The van der Waals surface area contributed by atoms with Crippen molar-refractivity contribution >= 4 is 22.2 Å². The van der Waals surface area contributed by atoms with E-state index in [0.29, 0.717) is 0 Å². The lowest BCUT2D eigenvalue weighted by molar-refractivity contribution is 1.35. The van der Waals surface area contributed by atoms with Gasteiger partial charge in [-0.1, -0.05) is 32.3 Å². The Bertz CT molecular complexity index is 459. The summed E-state index contributed by atoms with van der Waals surface area (Å²) in [6.45, 7) is 9.81. The van der Waals surface area contributed by atoms with E-state index >= 15 is 0 Å². The van der Waals surface area contributed by atoms with Crippen molar-refractivity contribution in [2.75, 3.05) is 4.23 Å². The Labute approximate surface area is 106 Å². The summed E-state index contributed by atoms with van der Waals surface area (Å²) in [4.78, 5) is 0. The number of nitrogens with zero attached hydrogens (tertiary/aromatic N) is 2. The SMILES string of the molecule is C[Si]1(C)CC[Si](C)(C)N1c1cccc(C#N)c1. The smallest absolute Gasteiger partial charge is 0.141 e. The summed E-state index contributed by atoms with van der Waals surface area (Å²) in [6.07, 6.45) is 0. The molecule has 0 atom stereocenters. The Morgan fingerprint density at radius 2 is 1.71 bits per heavy atom. The van der Waals surface area contributed by atoms with Crippen LogP contribution in [0.4, 0.5) is 5.69 Å². The minimum Gasteiger partial charge on any atom is -0.424 e. The summed E-state index contributed by atoms with van der Waals surface area (Å²) >= 11 is 0. The maximum atomic E-state index is 9.02. The highest BCUT2D eigenvalue weighted by Crippen LogP contribution is 2.40. The zero-order chi connectivity index (χ0) is 12.7. The van der Waals surface area contributed by atoms with Crippen molar-refractivity contribution in [3.8, 4) is 6.07 Å². The first-order valence-corrected chi connectivity index (χ1v) is 12.5. The van der Waals surface area contributed by atoms with E-state index in [1.54, 1.807) is 0 Å². The molecule has 0 aliphatic carbocycles. The van der Waals surface area contributed by atoms with E-state index in [-0.39, 0.29) is 0 Å². The van der Waals surface area contributed by atoms with E-state index in [1.165, 1.54) is 17.8 Å². The van der Waals surface area contributed by atoms with Crippen molar-refractivity contribution in [2.24, 2.45) is 0 Å². The number of hydrogen-bond donors (Lipinski definition) is 0. The Hall–Kier alpha value is -1.06. The average Bonchev–Trinajstić information content (AvgIpc) is 2.48. The van der Waals surface area contributed by atoms with Gasteiger partial charge in [0.05, 0.1) is 11.6 Å². The zero-order valence-electron chi connectivity index (χ0n) is 11.1. The molecule has 0 radical (unpaired) electrons. The maximum absolute atomic E-state index is 9.02.